The van der Waals surface area contributed by atoms with E-state index in [1.807, 2.05) is 18.0 Å². The molecule has 4 aromatic rings. The van der Waals surface area contributed by atoms with Crippen LogP contribution >= 0.6 is 0 Å². The van der Waals surface area contributed by atoms with Crippen molar-refractivity contribution in [1.29, 1.82) is 0 Å². The molecule has 0 aliphatic carbocycles. The molecule has 4 aromatic carbocycles. The molecule has 8 rings (SSSR count). The highest BCUT2D eigenvalue weighted by atomic mass is 16.5. The van der Waals surface area contributed by atoms with Crippen LogP contribution in [0, 0.1) is 0 Å². The largest absolute Gasteiger partial charge is 0.502 e. The van der Waals surface area contributed by atoms with Crippen molar-refractivity contribution in [1.82, 2.24) is 10.2 Å². The Bertz CT molecular complexity index is 1940. The molecule has 2 atom stereocenters. The molecule has 0 amide bonds. The van der Waals surface area contributed by atoms with Gasteiger partial charge in [-0.1, -0.05) is 0 Å². The van der Waals surface area contributed by atoms with Crippen molar-refractivity contribution < 1.29 is 43.1 Å². The van der Waals surface area contributed by atoms with E-state index in [4.69, 9.17) is 28.4 Å². The number of phenols is 1. The standard InChI is InChI=1S/C37H36N2O9/c1-39-15-13-23-24-18-28(45-4)36(46-5)35(23)48-37-29-20(16-27(44-3)34(37)42)12-14-38-30(29)32(40)21-8-11-25(43-2)26(17-21)47-22-9-6-19(7-10-22)33(41)31(24)39/h6-11,16-18,30-31,38,42H,12-15H2,1-5H3/t30-,31-/m1/s1. The molecule has 0 spiro atoms. The number of rotatable bonds is 4. The number of phenolic OH excluding ortho intramolecular Hbond substituents is 1. The van der Waals surface area contributed by atoms with Crippen molar-refractivity contribution in [2.24, 2.45) is 0 Å². The van der Waals surface area contributed by atoms with Gasteiger partial charge in [0.2, 0.25) is 11.5 Å². The Morgan fingerprint density at radius 3 is 2.23 bits per heavy atom. The lowest BCUT2D eigenvalue weighted by atomic mass is 9.86. The number of ketones is 2. The quantitative estimate of drug-likeness (QED) is 0.278. The van der Waals surface area contributed by atoms with Crippen LogP contribution in [0.25, 0.3) is 0 Å². The minimum Gasteiger partial charge on any atom is -0.502 e. The normalized spacial score (nSPS) is 18.5. The summed E-state index contributed by atoms with van der Waals surface area (Å²) >= 11 is 0. The molecule has 11 heteroatoms. The predicted octanol–water partition coefficient (Wildman–Crippen LogP) is 5.81. The van der Waals surface area contributed by atoms with Gasteiger partial charge in [-0.2, -0.15) is 0 Å². The Labute approximate surface area is 277 Å². The smallest absolute Gasteiger partial charge is 0.204 e. The van der Waals surface area contributed by atoms with E-state index in [-0.39, 0.29) is 34.6 Å². The van der Waals surface area contributed by atoms with Gasteiger partial charge >= 0.3 is 0 Å². The molecule has 11 nitrogen and oxygen atoms in total. The van der Waals surface area contributed by atoms with Crippen LogP contribution in [0.5, 0.6) is 51.7 Å². The van der Waals surface area contributed by atoms with Gasteiger partial charge in [-0.15, -0.1) is 0 Å². The summed E-state index contributed by atoms with van der Waals surface area (Å²) < 4.78 is 35.8. The number of nitrogens with zero attached hydrogens (tertiary/aromatic N) is 1. The van der Waals surface area contributed by atoms with E-state index in [0.717, 1.165) is 11.1 Å². The molecule has 248 valence electrons. The highest BCUT2D eigenvalue weighted by Gasteiger charge is 2.39. The molecule has 4 heterocycles. The SMILES string of the molecule is COc1ccc2cc1Oc1ccc(cc1)C(=O)[C@H]1c3cc(OC)c(OC)c(c3CCN1C)Oc1c(O)c(OC)cc3c1[C@@H](NCC3)C2=O. The average molecular weight is 653 g/mol. The lowest BCUT2D eigenvalue weighted by molar-refractivity contribution is 0.0836. The van der Waals surface area contributed by atoms with Crippen molar-refractivity contribution >= 4 is 11.6 Å². The zero-order chi connectivity index (χ0) is 33.7. The fourth-order valence-electron chi connectivity index (χ4n) is 6.92. The van der Waals surface area contributed by atoms with Crippen molar-refractivity contribution in [2.45, 2.75) is 24.9 Å². The number of fused-ring (bicyclic) bond motifs is 2. The monoisotopic (exact) mass is 652 g/mol. The maximum atomic E-state index is 14.4. The van der Waals surface area contributed by atoms with Crippen LogP contribution in [0.3, 0.4) is 0 Å². The number of ether oxygens (including phenoxy) is 6. The maximum Gasteiger partial charge on any atom is 0.204 e. The van der Waals surface area contributed by atoms with E-state index < -0.39 is 12.1 Å². The lowest BCUT2D eigenvalue weighted by Crippen LogP contribution is -2.37. The topological polar surface area (TPSA) is 125 Å². The molecule has 0 fully saturated rings. The minimum absolute atomic E-state index is 0.0476. The van der Waals surface area contributed by atoms with Crippen LogP contribution in [0.1, 0.15) is 55.1 Å². The first kappa shape index (κ1) is 31.3. The second-order valence-electron chi connectivity index (χ2n) is 11.9. The molecule has 4 aliphatic rings. The van der Waals surface area contributed by atoms with Gasteiger partial charge < -0.3 is 38.8 Å². The maximum absolute atomic E-state index is 14.4. The number of hydrogen-bond donors (Lipinski definition) is 2. The summed E-state index contributed by atoms with van der Waals surface area (Å²) in [6.07, 6.45) is 1.06. The van der Waals surface area contributed by atoms with Crippen molar-refractivity contribution in [3.63, 3.8) is 0 Å². The molecule has 0 saturated carbocycles. The second-order valence-corrected chi connectivity index (χ2v) is 11.9. The number of carbonyl (C=O) groups is 2. The summed E-state index contributed by atoms with van der Waals surface area (Å²) in [7, 11) is 7.91. The van der Waals surface area contributed by atoms with Crippen LogP contribution in [-0.4, -0.2) is 70.1 Å². The van der Waals surface area contributed by atoms with Gasteiger partial charge in [0, 0.05) is 35.3 Å². The van der Waals surface area contributed by atoms with E-state index >= 15 is 0 Å². The Morgan fingerprint density at radius 2 is 1.52 bits per heavy atom. The summed E-state index contributed by atoms with van der Waals surface area (Å²) in [5.74, 6) is 1.75. The van der Waals surface area contributed by atoms with E-state index in [2.05, 4.69) is 5.32 Å². The van der Waals surface area contributed by atoms with Crippen LogP contribution in [-0.2, 0) is 12.8 Å². The third-order valence-electron chi connectivity index (χ3n) is 9.34. The van der Waals surface area contributed by atoms with Gasteiger partial charge in [-0.3, -0.25) is 14.5 Å². The Hall–Kier alpha value is -5.26. The number of aromatic hydroxyl groups is 1. The first-order chi connectivity index (χ1) is 23.3. The van der Waals surface area contributed by atoms with Gasteiger partial charge in [0.1, 0.15) is 11.8 Å². The number of Topliss-reactive ketones (excluding diaryl/α,β-unsaturated/α-hetero) is 2. The summed E-state index contributed by atoms with van der Waals surface area (Å²) in [5, 5.41) is 15.0. The zero-order valence-electron chi connectivity index (χ0n) is 27.3. The predicted molar refractivity (Wildman–Crippen MR) is 176 cm³/mol. The molecule has 0 aromatic heterocycles. The summed E-state index contributed by atoms with van der Waals surface area (Å²) in [5.41, 5.74) is 3.50. The fraction of sp³-hybridized carbons (Fsp3) is 0.297. The van der Waals surface area contributed by atoms with E-state index in [1.165, 1.54) is 28.4 Å². The van der Waals surface area contributed by atoms with E-state index in [1.54, 1.807) is 48.5 Å². The number of likely N-dealkylation sites (N-methyl/N-ethyl adjacent to an activating group) is 1. The lowest BCUT2D eigenvalue weighted by Gasteiger charge is -2.36. The van der Waals surface area contributed by atoms with E-state index in [0.29, 0.717) is 76.9 Å². The Kier molecular flexibility index (Phi) is 8.10. The molecule has 4 aliphatic heterocycles. The number of nitrogens with one attached hydrogen (secondary N) is 1. The minimum atomic E-state index is -0.896. The van der Waals surface area contributed by atoms with Crippen LogP contribution in [0.15, 0.2) is 54.6 Å². The third-order valence-corrected chi connectivity index (χ3v) is 9.34. The van der Waals surface area contributed by atoms with Gasteiger partial charge in [0.15, 0.2) is 46.1 Å². The molecule has 8 bridgehead atoms. The van der Waals surface area contributed by atoms with Crippen LogP contribution in [0.2, 0.25) is 0 Å². The summed E-state index contributed by atoms with van der Waals surface area (Å²) in [6.45, 7) is 1.03. The van der Waals surface area contributed by atoms with Crippen LogP contribution in [0.4, 0.5) is 0 Å². The number of carbonyl (C=O) groups excluding carboxylic acids is 2. The summed E-state index contributed by atoms with van der Waals surface area (Å²) in [6, 6.07) is 13.8. The van der Waals surface area contributed by atoms with Gasteiger partial charge in [-0.05, 0) is 85.6 Å². The molecular formula is C37H36N2O9. The highest BCUT2D eigenvalue weighted by molar-refractivity contribution is 6.03. The summed E-state index contributed by atoms with van der Waals surface area (Å²) in [4.78, 5) is 30.7. The second kappa shape index (κ2) is 12.4. The molecule has 2 N–H and O–H groups in total. The van der Waals surface area contributed by atoms with Gasteiger partial charge in [0.05, 0.1) is 34.5 Å². The third kappa shape index (κ3) is 5.06. The number of hydrogen-bond acceptors (Lipinski definition) is 11. The molecule has 0 saturated heterocycles. The van der Waals surface area contributed by atoms with Crippen molar-refractivity contribution in [2.75, 3.05) is 48.6 Å². The van der Waals surface area contributed by atoms with Crippen molar-refractivity contribution in [3.05, 3.63) is 88.0 Å². The first-order valence-corrected chi connectivity index (χ1v) is 15.6. The van der Waals surface area contributed by atoms with Crippen molar-refractivity contribution in [3.8, 4) is 51.7 Å². The van der Waals surface area contributed by atoms with Gasteiger partial charge in [-0.25, -0.2) is 0 Å². The number of benzene rings is 4. The fourth-order valence-corrected chi connectivity index (χ4v) is 6.92. The van der Waals surface area contributed by atoms with Gasteiger partial charge in [0.25, 0.3) is 0 Å². The zero-order valence-corrected chi connectivity index (χ0v) is 27.3. The van der Waals surface area contributed by atoms with E-state index in [9.17, 15) is 14.7 Å². The molecule has 0 unspecified atom stereocenters. The van der Waals surface area contributed by atoms with Crippen LogP contribution < -0.4 is 33.7 Å². The Morgan fingerprint density at radius 1 is 0.792 bits per heavy atom. The Balaban J connectivity index is 1.53. The highest BCUT2D eigenvalue weighted by Crippen LogP contribution is 2.53. The first-order valence-electron chi connectivity index (χ1n) is 15.6. The molecular weight excluding hydrogens is 616 g/mol. The molecule has 0 radical (unpaired) electrons. The molecule has 48 heavy (non-hydrogen) atoms. The number of methoxy groups -OCH3 is 4. The average Bonchev–Trinajstić information content (AvgIpc) is 3.11.